The number of ether oxygens (including phenoxy) is 1. The van der Waals surface area contributed by atoms with Gasteiger partial charge in [-0.2, -0.15) is 0 Å². The van der Waals surface area contributed by atoms with Crippen molar-refractivity contribution >= 4 is 33.7 Å². The Bertz CT molecular complexity index is 627. The van der Waals surface area contributed by atoms with Crippen molar-refractivity contribution in [2.75, 3.05) is 32.1 Å². The summed E-state index contributed by atoms with van der Waals surface area (Å²) in [7, 11) is 1.48. The Morgan fingerprint density at radius 3 is 2.44 bits per heavy atom. The van der Waals surface area contributed by atoms with Crippen LogP contribution in [0.1, 0.15) is 18.1 Å². The Kier molecular flexibility index (Phi) is 11.3. The maximum Gasteiger partial charge on any atom is 0.245 e. The van der Waals surface area contributed by atoms with Crippen LogP contribution in [0.5, 0.6) is 0 Å². The van der Waals surface area contributed by atoms with Gasteiger partial charge < -0.3 is 26.0 Å². The zero-order chi connectivity index (χ0) is 20.1. The summed E-state index contributed by atoms with van der Waals surface area (Å²) in [5, 5.41) is 11.7. The van der Waals surface area contributed by atoms with Crippen LogP contribution in [0.25, 0.3) is 0 Å². The van der Waals surface area contributed by atoms with Crippen LogP contribution in [0.3, 0.4) is 0 Å². The highest BCUT2D eigenvalue weighted by atomic mass is 79.9. The molecule has 1 rings (SSSR count). The summed E-state index contributed by atoms with van der Waals surface area (Å²) in [6.07, 6.45) is 0. The van der Waals surface area contributed by atoms with Crippen LogP contribution in [-0.2, 0) is 32.2 Å². The predicted molar refractivity (Wildman–Crippen MR) is 106 cm³/mol. The Hall–Kier alpha value is -1.97. The predicted octanol–water partition coefficient (Wildman–Crippen LogP) is 0.0546. The van der Waals surface area contributed by atoms with E-state index in [1.54, 1.807) is 0 Å². The van der Waals surface area contributed by atoms with Gasteiger partial charge in [0.1, 0.15) is 6.04 Å². The molecule has 0 aliphatic rings. The van der Waals surface area contributed by atoms with Gasteiger partial charge in [0, 0.05) is 40.2 Å². The minimum Gasteiger partial charge on any atom is -0.382 e. The first kappa shape index (κ1) is 23.1. The van der Waals surface area contributed by atoms with Crippen LogP contribution in [0.2, 0.25) is 0 Å². The lowest BCUT2D eigenvalue weighted by molar-refractivity contribution is -0.129. The highest BCUT2D eigenvalue weighted by Gasteiger charge is 2.18. The molecule has 0 aliphatic heterocycles. The Labute approximate surface area is 167 Å². The first-order valence-corrected chi connectivity index (χ1v) is 9.73. The van der Waals surface area contributed by atoms with Crippen molar-refractivity contribution in [1.82, 2.24) is 21.3 Å². The number of carbonyl (C=O) groups excluding carboxylic acids is 3. The number of benzene rings is 1. The van der Waals surface area contributed by atoms with Crippen molar-refractivity contribution in [3.63, 3.8) is 0 Å². The quantitative estimate of drug-likeness (QED) is 0.270. The molecule has 150 valence electrons. The zero-order valence-electron chi connectivity index (χ0n) is 15.6. The van der Waals surface area contributed by atoms with E-state index in [0.29, 0.717) is 31.5 Å². The SMILES string of the molecule is COC[C@@H](NC(C)=O)C(=O)NCc1cccc(CNCCNC(=O)CBr)c1. The van der Waals surface area contributed by atoms with E-state index >= 15 is 0 Å². The summed E-state index contributed by atoms with van der Waals surface area (Å²) in [5.41, 5.74) is 2.03. The lowest BCUT2D eigenvalue weighted by Gasteiger charge is -2.17. The van der Waals surface area contributed by atoms with Crippen molar-refractivity contribution in [1.29, 1.82) is 0 Å². The number of hydrogen-bond acceptors (Lipinski definition) is 5. The minimum atomic E-state index is -0.716. The highest BCUT2D eigenvalue weighted by molar-refractivity contribution is 9.09. The summed E-state index contributed by atoms with van der Waals surface area (Å²) < 4.78 is 4.97. The van der Waals surface area contributed by atoms with E-state index < -0.39 is 6.04 Å². The van der Waals surface area contributed by atoms with Crippen molar-refractivity contribution in [2.24, 2.45) is 0 Å². The molecule has 27 heavy (non-hydrogen) atoms. The maximum absolute atomic E-state index is 12.2. The average molecular weight is 443 g/mol. The monoisotopic (exact) mass is 442 g/mol. The van der Waals surface area contributed by atoms with Gasteiger partial charge in [0.05, 0.1) is 11.9 Å². The van der Waals surface area contributed by atoms with Gasteiger partial charge in [-0.05, 0) is 11.1 Å². The molecule has 0 heterocycles. The van der Waals surface area contributed by atoms with Crippen LogP contribution in [0.15, 0.2) is 24.3 Å². The average Bonchev–Trinajstić information content (AvgIpc) is 2.65. The molecule has 1 atom stereocenters. The molecule has 0 aromatic heterocycles. The topological polar surface area (TPSA) is 109 Å². The van der Waals surface area contributed by atoms with E-state index in [1.165, 1.54) is 14.0 Å². The first-order chi connectivity index (χ1) is 13.0. The fourth-order valence-electron chi connectivity index (χ4n) is 2.33. The van der Waals surface area contributed by atoms with Crippen molar-refractivity contribution < 1.29 is 19.1 Å². The molecular formula is C18H27BrN4O4. The molecular weight excluding hydrogens is 416 g/mol. The first-order valence-electron chi connectivity index (χ1n) is 8.61. The van der Waals surface area contributed by atoms with E-state index in [9.17, 15) is 14.4 Å². The van der Waals surface area contributed by atoms with Crippen LogP contribution >= 0.6 is 15.9 Å². The second-order valence-electron chi connectivity index (χ2n) is 5.91. The Morgan fingerprint density at radius 2 is 1.81 bits per heavy atom. The van der Waals surface area contributed by atoms with E-state index in [-0.39, 0.29) is 24.3 Å². The summed E-state index contributed by atoms with van der Waals surface area (Å²) in [4.78, 5) is 34.5. The molecule has 0 unspecified atom stereocenters. The van der Waals surface area contributed by atoms with Gasteiger partial charge in [-0.15, -0.1) is 0 Å². The van der Waals surface area contributed by atoms with Gasteiger partial charge in [-0.1, -0.05) is 40.2 Å². The molecule has 8 nitrogen and oxygen atoms in total. The normalized spacial score (nSPS) is 11.5. The largest absolute Gasteiger partial charge is 0.382 e. The summed E-state index contributed by atoms with van der Waals surface area (Å²) in [6, 6.07) is 7.11. The molecule has 0 fully saturated rings. The van der Waals surface area contributed by atoms with E-state index in [1.807, 2.05) is 24.3 Å². The highest BCUT2D eigenvalue weighted by Crippen LogP contribution is 2.05. The van der Waals surface area contributed by atoms with Gasteiger partial charge in [-0.25, -0.2) is 0 Å². The van der Waals surface area contributed by atoms with E-state index in [0.717, 1.165) is 11.1 Å². The molecule has 0 spiro atoms. The van der Waals surface area contributed by atoms with Gasteiger partial charge in [0.2, 0.25) is 17.7 Å². The van der Waals surface area contributed by atoms with Gasteiger partial charge in [0.25, 0.3) is 0 Å². The number of halogens is 1. The molecule has 0 aliphatic carbocycles. The number of carbonyl (C=O) groups is 3. The molecule has 0 saturated carbocycles. The molecule has 4 N–H and O–H groups in total. The van der Waals surface area contributed by atoms with E-state index in [2.05, 4.69) is 37.2 Å². The molecule has 0 radical (unpaired) electrons. The number of amides is 3. The van der Waals surface area contributed by atoms with Crippen LogP contribution in [0.4, 0.5) is 0 Å². The Morgan fingerprint density at radius 1 is 1.11 bits per heavy atom. The Balaban J connectivity index is 2.43. The fraction of sp³-hybridized carbons (Fsp3) is 0.500. The third kappa shape index (κ3) is 10.1. The second kappa shape index (κ2) is 13.2. The summed E-state index contributed by atoms with van der Waals surface area (Å²) in [6.45, 7) is 3.70. The van der Waals surface area contributed by atoms with Crippen LogP contribution < -0.4 is 21.3 Å². The molecule has 0 saturated heterocycles. The maximum atomic E-state index is 12.2. The molecule has 0 bridgehead atoms. The number of nitrogens with one attached hydrogen (secondary N) is 4. The fourth-order valence-corrected chi connectivity index (χ4v) is 2.53. The summed E-state index contributed by atoms with van der Waals surface area (Å²) >= 11 is 3.09. The van der Waals surface area contributed by atoms with Crippen molar-refractivity contribution in [3.8, 4) is 0 Å². The number of alkyl halides is 1. The van der Waals surface area contributed by atoms with Crippen molar-refractivity contribution in [2.45, 2.75) is 26.1 Å². The van der Waals surface area contributed by atoms with Crippen LogP contribution in [0, 0.1) is 0 Å². The summed E-state index contributed by atoms with van der Waals surface area (Å²) in [5.74, 6) is -0.619. The van der Waals surface area contributed by atoms with Gasteiger partial charge in [-0.3, -0.25) is 14.4 Å². The lowest BCUT2D eigenvalue weighted by Crippen LogP contribution is -2.48. The minimum absolute atomic E-state index is 0.0411. The third-order valence-corrected chi connectivity index (χ3v) is 4.07. The second-order valence-corrected chi connectivity index (χ2v) is 6.47. The molecule has 3 amide bonds. The van der Waals surface area contributed by atoms with Gasteiger partial charge >= 0.3 is 0 Å². The smallest absolute Gasteiger partial charge is 0.245 e. The lowest BCUT2D eigenvalue weighted by atomic mass is 10.1. The zero-order valence-corrected chi connectivity index (χ0v) is 17.2. The molecule has 1 aromatic rings. The van der Waals surface area contributed by atoms with Crippen molar-refractivity contribution in [3.05, 3.63) is 35.4 Å². The van der Waals surface area contributed by atoms with Crippen LogP contribution in [-0.4, -0.2) is 55.9 Å². The number of hydrogen-bond donors (Lipinski definition) is 4. The standard InChI is InChI=1S/C18H27BrN4O4/c1-13(24)23-16(12-27-2)18(26)22-11-15-5-3-4-14(8-15)10-20-6-7-21-17(25)9-19/h3-5,8,16,20H,6-7,9-12H2,1-2H3,(H,21,25)(H,22,26)(H,23,24)/t16-/m1/s1. The van der Waals surface area contributed by atoms with Gasteiger partial charge in [0.15, 0.2) is 0 Å². The third-order valence-electron chi connectivity index (χ3n) is 3.56. The number of methoxy groups -OCH3 is 1. The number of rotatable bonds is 12. The molecule has 1 aromatic carbocycles. The van der Waals surface area contributed by atoms with E-state index in [4.69, 9.17) is 4.74 Å². The molecule has 9 heteroatoms.